The monoisotopic (exact) mass is 361 g/mol. The predicted molar refractivity (Wildman–Crippen MR) is 86.4 cm³/mol. The number of nitrogens with one attached hydrogen (secondary N) is 1. The first-order chi connectivity index (χ1) is 10.2. The number of aryl methyl sites for hydroxylation is 2. The predicted octanol–water partition coefficient (Wildman–Crippen LogP) is 4.23. The Hall–Kier alpha value is -1.14. The van der Waals surface area contributed by atoms with Crippen molar-refractivity contribution in [3.05, 3.63) is 62.9 Å². The van der Waals surface area contributed by atoms with Gasteiger partial charge in [-0.15, -0.1) is 0 Å². The molecule has 0 aliphatic rings. The van der Waals surface area contributed by atoms with E-state index in [0.29, 0.717) is 16.1 Å². The quantitative estimate of drug-likeness (QED) is 0.885. The topological polar surface area (TPSA) is 46.2 Å². The largest absolute Gasteiger partial charge is 0.242 e. The summed E-state index contributed by atoms with van der Waals surface area (Å²) in [7, 11) is -3.82. The fraction of sp³-hybridized carbons (Fsp3) is 0.200. The van der Waals surface area contributed by atoms with Gasteiger partial charge < -0.3 is 0 Å². The highest BCUT2D eigenvalue weighted by molar-refractivity contribution is 7.89. The molecule has 3 nitrogen and oxygen atoms in total. The summed E-state index contributed by atoms with van der Waals surface area (Å²) in [6, 6.07) is 7.02. The molecule has 2 aromatic rings. The van der Waals surface area contributed by atoms with Gasteiger partial charge >= 0.3 is 0 Å². The van der Waals surface area contributed by atoms with Crippen molar-refractivity contribution in [3.8, 4) is 0 Å². The lowest BCUT2D eigenvalue weighted by atomic mass is 10.1. The Morgan fingerprint density at radius 2 is 1.73 bits per heavy atom. The molecule has 0 radical (unpaired) electrons. The Bertz CT molecular complexity index is 823. The lowest BCUT2D eigenvalue weighted by Gasteiger charge is -2.11. The first-order valence-corrected chi connectivity index (χ1v) is 8.65. The fourth-order valence-corrected chi connectivity index (χ4v) is 3.75. The second kappa shape index (κ2) is 6.54. The van der Waals surface area contributed by atoms with Crippen molar-refractivity contribution < 1.29 is 12.8 Å². The van der Waals surface area contributed by atoms with E-state index in [4.69, 9.17) is 23.2 Å². The maximum absolute atomic E-state index is 13.2. The highest BCUT2D eigenvalue weighted by atomic mass is 35.5. The van der Waals surface area contributed by atoms with Crippen molar-refractivity contribution in [1.82, 2.24) is 4.72 Å². The van der Waals surface area contributed by atoms with Crippen LogP contribution in [0.4, 0.5) is 4.39 Å². The van der Waals surface area contributed by atoms with Gasteiger partial charge in [0.25, 0.3) is 0 Å². The van der Waals surface area contributed by atoms with Crippen LogP contribution in [0.25, 0.3) is 0 Å². The molecule has 0 saturated heterocycles. The van der Waals surface area contributed by atoms with Crippen LogP contribution in [0.3, 0.4) is 0 Å². The van der Waals surface area contributed by atoms with Crippen LogP contribution in [0, 0.1) is 19.7 Å². The first-order valence-electron chi connectivity index (χ1n) is 6.41. The zero-order valence-electron chi connectivity index (χ0n) is 12.0. The zero-order valence-corrected chi connectivity index (χ0v) is 14.3. The van der Waals surface area contributed by atoms with Crippen LogP contribution in [0.1, 0.15) is 16.7 Å². The maximum Gasteiger partial charge on any atom is 0.242 e. The summed E-state index contributed by atoms with van der Waals surface area (Å²) in [6.45, 7) is 3.45. The molecule has 0 fully saturated rings. The zero-order chi connectivity index (χ0) is 16.5. The van der Waals surface area contributed by atoms with E-state index in [1.165, 1.54) is 24.3 Å². The Labute approximate surface area is 139 Å². The van der Waals surface area contributed by atoms with Crippen LogP contribution < -0.4 is 4.72 Å². The summed E-state index contributed by atoms with van der Waals surface area (Å²) in [4.78, 5) is -0.0508. The SMILES string of the molecule is Cc1cc(S(=O)(=O)NCc2cc(F)ccc2C)c(Cl)cc1Cl. The van der Waals surface area contributed by atoms with Crippen molar-refractivity contribution in [2.75, 3.05) is 0 Å². The summed E-state index contributed by atoms with van der Waals surface area (Å²) in [5, 5.41) is 0.434. The Balaban J connectivity index is 2.29. The van der Waals surface area contributed by atoms with Crippen LogP contribution in [-0.4, -0.2) is 8.42 Å². The maximum atomic E-state index is 13.2. The van der Waals surface area contributed by atoms with E-state index in [0.717, 1.165) is 5.56 Å². The number of halogens is 3. The second-order valence-electron chi connectivity index (χ2n) is 4.93. The number of hydrogen-bond donors (Lipinski definition) is 1. The van der Waals surface area contributed by atoms with E-state index >= 15 is 0 Å². The second-order valence-corrected chi connectivity index (χ2v) is 7.48. The Kier molecular flexibility index (Phi) is 5.12. The van der Waals surface area contributed by atoms with Crippen LogP contribution in [0.15, 0.2) is 35.2 Å². The van der Waals surface area contributed by atoms with Crippen molar-refractivity contribution in [1.29, 1.82) is 0 Å². The molecule has 0 spiro atoms. The third kappa shape index (κ3) is 3.79. The van der Waals surface area contributed by atoms with Gasteiger partial charge in [0.2, 0.25) is 10.0 Å². The van der Waals surface area contributed by atoms with Gasteiger partial charge in [0.15, 0.2) is 0 Å². The van der Waals surface area contributed by atoms with E-state index in [1.54, 1.807) is 19.9 Å². The number of rotatable bonds is 4. The molecule has 0 amide bonds. The molecule has 1 N–H and O–H groups in total. The van der Waals surface area contributed by atoms with Gasteiger partial charge in [-0.2, -0.15) is 0 Å². The van der Waals surface area contributed by atoms with E-state index in [9.17, 15) is 12.8 Å². The van der Waals surface area contributed by atoms with Gasteiger partial charge in [-0.3, -0.25) is 0 Å². The summed E-state index contributed by atoms with van der Waals surface area (Å²) >= 11 is 11.9. The minimum absolute atomic E-state index is 0.0239. The molecule has 0 saturated carbocycles. The molecular weight excluding hydrogens is 348 g/mol. The highest BCUT2D eigenvalue weighted by Gasteiger charge is 2.19. The molecule has 0 bridgehead atoms. The van der Waals surface area contributed by atoms with Gasteiger partial charge in [0, 0.05) is 11.6 Å². The average Bonchev–Trinajstić information content (AvgIpc) is 2.43. The molecule has 0 atom stereocenters. The third-order valence-corrected chi connectivity index (χ3v) is 5.54. The van der Waals surface area contributed by atoms with E-state index in [-0.39, 0.29) is 16.5 Å². The molecular formula is C15H14Cl2FNO2S. The van der Waals surface area contributed by atoms with E-state index < -0.39 is 15.8 Å². The van der Waals surface area contributed by atoms with Crippen molar-refractivity contribution in [3.63, 3.8) is 0 Å². The summed E-state index contributed by atoms with van der Waals surface area (Å²) in [5.41, 5.74) is 1.96. The fourth-order valence-electron chi connectivity index (χ4n) is 1.92. The Morgan fingerprint density at radius 1 is 1.05 bits per heavy atom. The lowest BCUT2D eigenvalue weighted by molar-refractivity contribution is 0.580. The number of sulfonamides is 1. The van der Waals surface area contributed by atoms with Crippen molar-refractivity contribution in [2.24, 2.45) is 0 Å². The minimum Gasteiger partial charge on any atom is -0.207 e. The molecule has 2 aromatic carbocycles. The van der Waals surface area contributed by atoms with E-state index in [1.807, 2.05) is 0 Å². The van der Waals surface area contributed by atoms with Gasteiger partial charge in [-0.05, 0) is 54.8 Å². The third-order valence-electron chi connectivity index (χ3n) is 3.27. The van der Waals surface area contributed by atoms with Crippen LogP contribution >= 0.6 is 23.2 Å². The van der Waals surface area contributed by atoms with Crippen molar-refractivity contribution >= 4 is 33.2 Å². The normalized spacial score (nSPS) is 11.7. The van der Waals surface area contributed by atoms with Crippen LogP contribution in [0.2, 0.25) is 10.0 Å². The molecule has 22 heavy (non-hydrogen) atoms. The molecule has 2 rings (SSSR count). The molecule has 118 valence electrons. The number of hydrogen-bond acceptors (Lipinski definition) is 2. The van der Waals surface area contributed by atoms with Gasteiger partial charge in [0.05, 0.1) is 5.02 Å². The summed E-state index contributed by atoms with van der Waals surface area (Å²) in [6.07, 6.45) is 0. The number of benzene rings is 2. The Morgan fingerprint density at radius 3 is 2.41 bits per heavy atom. The molecule has 7 heteroatoms. The van der Waals surface area contributed by atoms with Crippen LogP contribution in [0.5, 0.6) is 0 Å². The summed E-state index contributed by atoms with van der Waals surface area (Å²) < 4.78 is 40.4. The van der Waals surface area contributed by atoms with Gasteiger partial charge in [-0.25, -0.2) is 17.5 Å². The van der Waals surface area contributed by atoms with Crippen LogP contribution in [-0.2, 0) is 16.6 Å². The van der Waals surface area contributed by atoms with E-state index in [2.05, 4.69) is 4.72 Å². The lowest BCUT2D eigenvalue weighted by Crippen LogP contribution is -2.24. The van der Waals surface area contributed by atoms with Crippen molar-refractivity contribution in [2.45, 2.75) is 25.3 Å². The molecule has 0 aromatic heterocycles. The molecule has 0 aliphatic carbocycles. The molecule has 0 heterocycles. The smallest absolute Gasteiger partial charge is 0.207 e. The first kappa shape index (κ1) is 17.2. The molecule has 0 unspecified atom stereocenters. The van der Waals surface area contributed by atoms with Gasteiger partial charge in [0.1, 0.15) is 10.7 Å². The molecule has 0 aliphatic heterocycles. The minimum atomic E-state index is -3.82. The highest BCUT2D eigenvalue weighted by Crippen LogP contribution is 2.28. The summed E-state index contributed by atoms with van der Waals surface area (Å²) in [5.74, 6) is -0.417. The standard InChI is InChI=1S/C15H14Cl2FNO2S/c1-9-3-4-12(18)6-11(9)8-19-22(20,21)15-5-10(2)13(16)7-14(15)17/h3-7,19H,8H2,1-2H3. The van der Waals surface area contributed by atoms with Gasteiger partial charge in [-0.1, -0.05) is 29.3 Å². The average molecular weight is 362 g/mol.